The third-order valence-corrected chi connectivity index (χ3v) is 3.94. The van der Waals surface area contributed by atoms with Crippen molar-refractivity contribution in [2.24, 2.45) is 0 Å². The van der Waals surface area contributed by atoms with Crippen molar-refractivity contribution in [1.82, 2.24) is 24.6 Å². The Morgan fingerprint density at radius 3 is 2.68 bits per heavy atom. The molecule has 4 N–H and O–H groups in total. The van der Waals surface area contributed by atoms with Crippen LogP contribution in [0.5, 0.6) is 0 Å². The van der Waals surface area contributed by atoms with Gasteiger partial charge in [0.1, 0.15) is 17.3 Å². The second kappa shape index (κ2) is 6.95. The summed E-state index contributed by atoms with van der Waals surface area (Å²) in [6, 6.07) is 12.7. The first-order valence-corrected chi connectivity index (χ1v) is 8.59. The van der Waals surface area contributed by atoms with E-state index in [-0.39, 0.29) is 5.91 Å². The number of amides is 1. The summed E-state index contributed by atoms with van der Waals surface area (Å²) in [7, 11) is 0. The molecule has 0 saturated heterocycles. The van der Waals surface area contributed by atoms with E-state index in [0.29, 0.717) is 40.2 Å². The molecule has 0 radical (unpaired) electrons. The first kappa shape index (κ1) is 17.4. The summed E-state index contributed by atoms with van der Waals surface area (Å²) in [5, 5.41) is 10.4. The standard InChI is InChI=1S/C19H18N8O/c1-11-22-15(10-16(20)23-11)18-19(26-17-7-4-8-21-27(17)18)25-14-6-3-5-13(9-14)24-12(2)28/h3-10,25H,1-2H3,(H,24,28)(H2,20,22,23). The minimum atomic E-state index is -0.137. The Morgan fingerprint density at radius 1 is 1.07 bits per heavy atom. The van der Waals surface area contributed by atoms with Gasteiger partial charge in [0.15, 0.2) is 11.5 Å². The Balaban J connectivity index is 1.82. The number of aromatic nitrogens is 5. The fourth-order valence-corrected chi connectivity index (χ4v) is 2.93. The number of hydrogen-bond acceptors (Lipinski definition) is 7. The number of imidazole rings is 1. The van der Waals surface area contributed by atoms with Crippen LogP contribution in [0.15, 0.2) is 48.7 Å². The monoisotopic (exact) mass is 374 g/mol. The number of nitrogens with zero attached hydrogens (tertiary/aromatic N) is 5. The summed E-state index contributed by atoms with van der Waals surface area (Å²) >= 11 is 0. The molecule has 0 unspecified atom stereocenters. The average molecular weight is 374 g/mol. The van der Waals surface area contributed by atoms with Gasteiger partial charge in [0.05, 0.1) is 5.69 Å². The lowest BCUT2D eigenvalue weighted by Gasteiger charge is -2.09. The summed E-state index contributed by atoms with van der Waals surface area (Å²) < 4.78 is 1.70. The van der Waals surface area contributed by atoms with E-state index in [2.05, 4.69) is 30.7 Å². The number of nitrogen functional groups attached to an aromatic ring is 1. The number of nitrogens with one attached hydrogen (secondary N) is 2. The molecule has 0 aliphatic carbocycles. The van der Waals surface area contributed by atoms with E-state index < -0.39 is 0 Å². The lowest BCUT2D eigenvalue weighted by atomic mass is 10.2. The molecule has 0 fully saturated rings. The third-order valence-electron chi connectivity index (χ3n) is 3.94. The van der Waals surface area contributed by atoms with Crippen molar-refractivity contribution in [1.29, 1.82) is 0 Å². The quantitative estimate of drug-likeness (QED) is 0.502. The maximum Gasteiger partial charge on any atom is 0.221 e. The molecule has 9 nitrogen and oxygen atoms in total. The summed E-state index contributed by atoms with van der Waals surface area (Å²) in [4.78, 5) is 24.6. The fourth-order valence-electron chi connectivity index (χ4n) is 2.93. The second-order valence-electron chi connectivity index (χ2n) is 6.21. The van der Waals surface area contributed by atoms with E-state index in [0.717, 1.165) is 5.69 Å². The lowest BCUT2D eigenvalue weighted by Crippen LogP contribution is -2.06. The van der Waals surface area contributed by atoms with Gasteiger partial charge in [0.25, 0.3) is 0 Å². The average Bonchev–Trinajstić information content (AvgIpc) is 2.98. The van der Waals surface area contributed by atoms with Crippen LogP contribution in [0.25, 0.3) is 17.0 Å². The molecule has 0 aliphatic rings. The highest BCUT2D eigenvalue weighted by Gasteiger charge is 2.18. The van der Waals surface area contributed by atoms with Crippen molar-refractivity contribution in [3.05, 3.63) is 54.5 Å². The molecule has 0 spiro atoms. The van der Waals surface area contributed by atoms with Gasteiger partial charge in [-0.15, -0.1) is 0 Å². The zero-order valence-electron chi connectivity index (χ0n) is 15.3. The van der Waals surface area contributed by atoms with Crippen LogP contribution in [-0.2, 0) is 4.79 Å². The van der Waals surface area contributed by atoms with Crippen LogP contribution < -0.4 is 16.4 Å². The molecule has 4 rings (SSSR count). The highest BCUT2D eigenvalue weighted by atomic mass is 16.1. The number of rotatable bonds is 4. The Bertz CT molecular complexity index is 1160. The Morgan fingerprint density at radius 2 is 1.89 bits per heavy atom. The SMILES string of the molecule is CC(=O)Nc1cccc(Nc2nc3cccnn3c2-c2cc(N)nc(C)n2)c1. The zero-order chi connectivity index (χ0) is 19.7. The molecule has 0 bridgehead atoms. The minimum Gasteiger partial charge on any atom is -0.384 e. The van der Waals surface area contributed by atoms with Gasteiger partial charge in [-0.1, -0.05) is 6.07 Å². The van der Waals surface area contributed by atoms with Crippen molar-refractivity contribution in [3.8, 4) is 11.4 Å². The first-order chi connectivity index (χ1) is 13.5. The topological polar surface area (TPSA) is 123 Å². The van der Waals surface area contributed by atoms with Gasteiger partial charge in [-0.25, -0.2) is 19.5 Å². The molecule has 1 amide bonds. The molecule has 1 aromatic carbocycles. The number of carbonyl (C=O) groups is 1. The molecule has 28 heavy (non-hydrogen) atoms. The summed E-state index contributed by atoms with van der Waals surface area (Å²) in [6.07, 6.45) is 1.68. The highest BCUT2D eigenvalue weighted by molar-refractivity contribution is 5.89. The van der Waals surface area contributed by atoms with Crippen molar-refractivity contribution in [3.63, 3.8) is 0 Å². The molecular weight excluding hydrogens is 356 g/mol. The van der Waals surface area contributed by atoms with Gasteiger partial charge in [-0.2, -0.15) is 5.10 Å². The molecule has 0 saturated carbocycles. The molecular formula is C19H18N8O. The van der Waals surface area contributed by atoms with Crippen LogP contribution in [0.4, 0.5) is 23.0 Å². The predicted octanol–water partition coefficient (Wildman–Crippen LogP) is 2.78. The van der Waals surface area contributed by atoms with Crippen LogP contribution in [0, 0.1) is 6.92 Å². The van der Waals surface area contributed by atoms with Crippen LogP contribution in [0.1, 0.15) is 12.7 Å². The van der Waals surface area contributed by atoms with Gasteiger partial charge in [-0.3, -0.25) is 4.79 Å². The van der Waals surface area contributed by atoms with Gasteiger partial charge in [0, 0.05) is 30.6 Å². The number of nitrogens with two attached hydrogens (primary N) is 1. The predicted molar refractivity (Wildman–Crippen MR) is 107 cm³/mol. The lowest BCUT2D eigenvalue weighted by molar-refractivity contribution is -0.114. The molecule has 9 heteroatoms. The molecule has 3 aromatic heterocycles. The maximum absolute atomic E-state index is 11.3. The summed E-state index contributed by atoms with van der Waals surface area (Å²) in [5.41, 5.74) is 9.29. The summed E-state index contributed by atoms with van der Waals surface area (Å²) in [6.45, 7) is 3.24. The van der Waals surface area contributed by atoms with Gasteiger partial charge in [0.2, 0.25) is 5.91 Å². The number of aryl methyl sites for hydroxylation is 1. The Hall–Kier alpha value is -4.01. The molecule has 140 valence electrons. The highest BCUT2D eigenvalue weighted by Crippen LogP contribution is 2.30. The van der Waals surface area contributed by atoms with Crippen LogP contribution in [0.2, 0.25) is 0 Å². The van der Waals surface area contributed by atoms with E-state index in [1.54, 1.807) is 23.7 Å². The number of anilines is 4. The largest absolute Gasteiger partial charge is 0.384 e. The van der Waals surface area contributed by atoms with E-state index in [9.17, 15) is 4.79 Å². The van der Waals surface area contributed by atoms with Crippen LogP contribution in [0.3, 0.4) is 0 Å². The van der Waals surface area contributed by atoms with Crippen molar-refractivity contribution < 1.29 is 4.79 Å². The number of fused-ring (bicyclic) bond motifs is 1. The zero-order valence-corrected chi connectivity index (χ0v) is 15.3. The fraction of sp³-hybridized carbons (Fsp3) is 0.105. The van der Waals surface area contributed by atoms with Crippen molar-refractivity contribution in [2.45, 2.75) is 13.8 Å². The number of hydrogen-bond donors (Lipinski definition) is 3. The molecule has 0 atom stereocenters. The van der Waals surface area contributed by atoms with Gasteiger partial charge in [-0.05, 0) is 37.3 Å². The molecule has 4 aromatic rings. The van der Waals surface area contributed by atoms with E-state index in [1.165, 1.54) is 6.92 Å². The minimum absolute atomic E-state index is 0.137. The Kier molecular flexibility index (Phi) is 4.32. The summed E-state index contributed by atoms with van der Waals surface area (Å²) in [5.74, 6) is 1.35. The van der Waals surface area contributed by atoms with Gasteiger partial charge < -0.3 is 16.4 Å². The smallest absolute Gasteiger partial charge is 0.221 e. The van der Waals surface area contributed by atoms with Crippen LogP contribution in [-0.4, -0.2) is 30.5 Å². The Labute approximate surface area is 160 Å². The van der Waals surface area contributed by atoms with Crippen molar-refractivity contribution >= 4 is 34.6 Å². The van der Waals surface area contributed by atoms with E-state index in [1.807, 2.05) is 36.4 Å². The van der Waals surface area contributed by atoms with E-state index in [4.69, 9.17) is 5.73 Å². The molecule has 3 heterocycles. The maximum atomic E-state index is 11.3. The van der Waals surface area contributed by atoms with Gasteiger partial charge >= 0.3 is 0 Å². The normalized spacial score (nSPS) is 10.8. The van der Waals surface area contributed by atoms with E-state index >= 15 is 0 Å². The van der Waals surface area contributed by atoms with Crippen LogP contribution >= 0.6 is 0 Å². The third kappa shape index (κ3) is 3.45. The van der Waals surface area contributed by atoms with Crippen molar-refractivity contribution in [2.75, 3.05) is 16.4 Å². The number of benzene rings is 1. The first-order valence-electron chi connectivity index (χ1n) is 8.59. The second-order valence-corrected chi connectivity index (χ2v) is 6.21. The molecule has 0 aliphatic heterocycles. The number of carbonyl (C=O) groups excluding carboxylic acids is 1.